The summed E-state index contributed by atoms with van der Waals surface area (Å²) in [5.41, 5.74) is 0. The van der Waals surface area contributed by atoms with Crippen molar-refractivity contribution in [3.8, 4) is 0 Å². The van der Waals surface area contributed by atoms with Gasteiger partial charge in [0.15, 0.2) is 0 Å². The molecule has 1 aromatic rings. The Labute approximate surface area is 114 Å². The van der Waals surface area contributed by atoms with Crippen LogP contribution in [0.3, 0.4) is 0 Å². The largest absolute Gasteiger partial charge is 0.338 e. The lowest BCUT2D eigenvalue weighted by Crippen LogP contribution is -2.62. The van der Waals surface area contributed by atoms with E-state index in [2.05, 4.69) is 5.32 Å². The van der Waals surface area contributed by atoms with Gasteiger partial charge in [0, 0.05) is 18.0 Å². The first-order valence-corrected chi connectivity index (χ1v) is 6.93. The van der Waals surface area contributed by atoms with E-state index in [1.807, 2.05) is 17.5 Å². The van der Waals surface area contributed by atoms with Crippen molar-refractivity contribution in [1.29, 1.82) is 0 Å². The lowest BCUT2D eigenvalue weighted by Gasteiger charge is -2.42. The van der Waals surface area contributed by atoms with Crippen LogP contribution in [0.1, 0.15) is 4.88 Å². The monoisotopic (exact) mass is 279 g/mol. The van der Waals surface area contributed by atoms with E-state index in [0.717, 1.165) is 4.88 Å². The summed E-state index contributed by atoms with van der Waals surface area (Å²) in [4.78, 5) is 38.8. The quantitative estimate of drug-likeness (QED) is 0.795. The third kappa shape index (κ3) is 2.21. The minimum atomic E-state index is -0.347. The molecule has 3 rings (SSSR count). The van der Waals surface area contributed by atoms with Crippen LogP contribution in [0.15, 0.2) is 17.5 Å². The second-order valence-corrected chi connectivity index (χ2v) is 5.66. The number of likely N-dealkylation sites (tertiary alicyclic amines) is 1. The van der Waals surface area contributed by atoms with Crippen LogP contribution in [-0.2, 0) is 16.0 Å². The van der Waals surface area contributed by atoms with Gasteiger partial charge >= 0.3 is 6.03 Å². The molecule has 2 fully saturated rings. The molecule has 0 bridgehead atoms. The summed E-state index contributed by atoms with van der Waals surface area (Å²) in [5, 5.41) is 4.42. The number of carbonyl (C=O) groups is 3. The first kappa shape index (κ1) is 12.2. The number of amides is 4. The van der Waals surface area contributed by atoms with Crippen LogP contribution in [-0.4, -0.2) is 53.3 Å². The van der Waals surface area contributed by atoms with Crippen molar-refractivity contribution in [2.24, 2.45) is 0 Å². The molecule has 7 heteroatoms. The number of thiophene rings is 1. The fraction of sp³-hybridized carbons (Fsp3) is 0.417. The van der Waals surface area contributed by atoms with Crippen LogP contribution < -0.4 is 5.32 Å². The van der Waals surface area contributed by atoms with Crippen molar-refractivity contribution in [3.05, 3.63) is 22.4 Å². The molecule has 2 saturated heterocycles. The Balaban J connectivity index is 1.54. The third-order valence-corrected chi connectivity index (χ3v) is 4.24. The van der Waals surface area contributed by atoms with Crippen LogP contribution in [0.2, 0.25) is 0 Å². The first-order valence-electron chi connectivity index (χ1n) is 6.05. The van der Waals surface area contributed by atoms with E-state index < -0.39 is 0 Å². The normalized spacial score (nSPS) is 19.6. The lowest BCUT2D eigenvalue weighted by molar-refractivity contribution is -0.141. The molecule has 4 amide bonds. The second kappa shape index (κ2) is 4.65. The zero-order chi connectivity index (χ0) is 13.4. The SMILES string of the molecule is O=C(Cc1cccs1)N1CC(N2C(=O)CNC2=O)C1. The minimum Gasteiger partial charge on any atom is -0.338 e. The lowest BCUT2D eigenvalue weighted by atomic mass is 10.1. The van der Waals surface area contributed by atoms with E-state index in [-0.39, 0.29) is 30.4 Å². The number of imide groups is 1. The van der Waals surface area contributed by atoms with Gasteiger partial charge in [-0.3, -0.25) is 14.5 Å². The number of hydrogen-bond acceptors (Lipinski definition) is 4. The summed E-state index contributed by atoms with van der Waals surface area (Å²) in [5.74, 6) is -0.161. The number of hydrogen-bond donors (Lipinski definition) is 1. The van der Waals surface area contributed by atoms with Gasteiger partial charge in [0.25, 0.3) is 0 Å². The number of nitrogens with zero attached hydrogens (tertiary/aromatic N) is 2. The molecular weight excluding hydrogens is 266 g/mol. The van der Waals surface area contributed by atoms with E-state index in [4.69, 9.17) is 0 Å². The van der Waals surface area contributed by atoms with Crippen LogP contribution in [0, 0.1) is 0 Å². The molecule has 0 spiro atoms. The molecule has 0 radical (unpaired) electrons. The van der Waals surface area contributed by atoms with Gasteiger partial charge in [-0.25, -0.2) is 4.79 Å². The molecular formula is C12H13N3O3S. The molecule has 2 aliphatic rings. The molecule has 6 nitrogen and oxygen atoms in total. The van der Waals surface area contributed by atoms with Crippen LogP contribution in [0.25, 0.3) is 0 Å². The summed E-state index contributed by atoms with van der Waals surface area (Å²) in [7, 11) is 0. The van der Waals surface area contributed by atoms with E-state index >= 15 is 0 Å². The number of carbonyl (C=O) groups excluding carboxylic acids is 3. The second-order valence-electron chi connectivity index (χ2n) is 4.63. The third-order valence-electron chi connectivity index (χ3n) is 3.36. The van der Waals surface area contributed by atoms with Crippen molar-refractivity contribution in [1.82, 2.24) is 15.1 Å². The van der Waals surface area contributed by atoms with Gasteiger partial charge in [0.1, 0.15) is 0 Å². The first-order chi connectivity index (χ1) is 9.15. The molecule has 0 aromatic carbocycles. The summed E-state index contributed by atoms with van der Waals surface area (Å²) < 4.78 is 0. The summed E-state index contributed by atoms with van der Waals surface area (Å²) in [6.45, 7) is 0.964. The Morgan fingerprint density at radius 3 is 2.79 bits per heavy atom. The zero-order valence-electron chi connectivity index (χ0n) is 10.2. The van der Waals surface area contributed by atoms with Crippen molar-refractivity contribution in [2.75, 3.05) is 19.6 Å². The Bertz CT molecular complexity index is 506. The number of nitrogens with one attached hydrogen (secondary N) is 1. The van der Waals surface area contributed by atoms with Gasteiger partial charge in [0.2, 0.25) is 11.8 Å². The maximum Gasteiger partial charge on any atom is 0.324 e. The van der Waals surface area contributed by atoms with Crippen molar-refractivity contribution < 1.29 is 14.4 Å². The van der Waals surface area contributed by atoms with Gasteiger partial charge in [0.05, 0.1) is 19.0 Å². The Hall–Kier alpha value is -1.89. The predicted octanol–water partition coefficient (Wildman–Crippen LogP) is 0.0532. The molecule has 19 heavy (non-hydrogen) atoms. The molecule has 3 heterocycles. The molecule has 2 aliphatic heterocycles. The maximum absolute atomic E-state index is 11.9. The van der Waals surface area contributed by atoms with Gasteiger partial charge in [-0.1, -0.05) is 6.07 Å². The number of urea groups is 1. The highest BCUT2D eigenvalue weighted by Crippen LogP contribution is 2.19. The zero-order valence-corrected chi connectivity index (χ0v) is 11.0. The van der Waals surface area contributed by atoms with Crippen molar-refractivity contribution in [2.45, 2.75) is 12.5 Å². The van der Waals surface area contributed by atoms with E-state index in [1.165, 1.54) is 4.90 Å². The summed E-state index contributed by atoms with van der Waals surface area (Å²) in [6, 6.07) is 3.33. The maximum atomic E-state index is 11.9. The molecule has 100 valence electrons. The molecule has 0 saturated carbocycles. The van der Waals surface area contributed by atoms with Gasteiger partial charge < -0.3 is 10.2 Å². The Morgan fingerprint density at radius 2 is 2.21 bits per heavy atom. The van der Waals surface area contributed by atoms with Crippen LogP contribution in [0.4, 0.5) is 4.79 Å². The van der Waals surface area contributed by atoms with E-state index in [1.54, 1.807) is 16.2 Å². The Kier molecular flexibility index (Phi) is 2.98. The average Bonchev–Trinajstić information content (AvgIpc) is 2.91. The summed E-state index contributed by atoms with van der Waals surface area (Å²) >= 11 is 1.55. The van der Waals surface area contributed by atoms with Gasteiger partial charge in [-0.2, -0.15) is 0 Å². The average molecular weight is 279 g/mol. The van der Waals surface area contributed by atoms with Crippen LogP contribution in [0.5, 0.6) is 0 Å². The minimum absolute atomic E-state index is 0.0470. The summed E-state index contributed by atoms with van der Waals surface area (Å²) in [6.07, 6.45) is 0.393. The standard InChI is InChI=1S/C12H13N3O3S/c16-10(4-9-2-1-3-19-9)14-6-8(7-14)15-11(17)5-13-12(15)18/h1-3,8H,4-7H2,(H,13,18). The molecule has 1 aromatic heterocycles. The highest BCUT2D eigenvalue weighted by molar-refractivity contribution is 7.10. The van der Waals surface area contributed by atoms with Crippen LogP contribution >= 0.6 is 11.3 Å². The molecule has 0 atom stereocenters. The fourth-order valence-corrected chi connectivity index (χ4v) is 3.00. The highest BCUT2D eigenvalue weighted by atomic mass is 32.1. The fourth-order valence-electron chi connectivity index (χ4n) is 2.30. The van der Waals surface area contributed by atoms with E-state index in [9.17, 15) is 14.4 Å². The van der Waals surface area contributed by atoms with Crippen molar-refractivity contribution >= 4 is 29.2 Å². The topological polar surface area (TPSA) is 69.7 Å². The van der Waals surface area contributed by atoms with E-state index in [0.29, 0.717) is 19.5 Å². The number of rotatable bonds is 3. The molecule has 1 N–H and O–H groups in total. The molecule has 0 aliphatic carbocycles. The smallest absolute Gasteiger partial charge is 0.324 e. The predicted molar refractivity (Wildman–Crippen MR) is 68.6 cm³/mol. The molecule has 0 unspecified atom stereocenters. The van der Waals surface area contributed by atoms with Gasteiger partial charge in [-0.05, 0) is 11.4 Å². The van der Waals surface area contributed by atoms with Gasteiger partial charge in [-0.15, -0.1) is 11.3 Å². The highest BCUT2D eigenvalue weighted by Gasteiger charge is 2.42. The van der Waals surface area contributed by atoms with Crippen molar-refractivity contribution in [3.63, 3.8) is 0 Å². The Morgan fingerprint density at radius 1 is 1.42 bits per heavy atom.